The maximum Gasteiger partial charge on any atom is 0.141 e. The Hall–Kier alpha value is -7.52. The average molecular weight is 611 g/mol. The summed E-state index contributed by atoms with van der Waals surface area (Å²) in [5, 5.41) is 44.9. The quantitative estimate of drug-likeness (QED) is 0.181. The molecule has 0 radical (unpaired) electrons. The molecule has 8 heteroatoms. The van der Waals surface area contributed by atoms with Crippen LogP contribution in [0.25, 0.3) is 76.8 Å². The molecular formula is C40H18N8. The minimum absolute atomic E-state index is 0.294. The van der Waals surface area contributed by atoms with Crippen molar-refractivity contribution in [1.29, 1.82) is 21.0 Å². The van der Waals surface area contributed by atoms with Crippen LogP contribution < -0.4 is 0 Å². The van der Waals surface area contributed by atoms with E-state index < -0.39 is 0 Å². The number of hydrogen-bond acceptors (Lipinski definition) is 8. The van der Waals surface area contributed by atoms with Crippen molar-refractivity contribution in [2.75, 3.05) is 0 Å². The zero-order chi connectivity index (χ0) is 32.8. The van der Waals surface area contributed by atoms with Gasteiger partial charge in [-0.1, -0.05) is 24.3 Å². The Bertz CT molecular complexity index is 2710. The number of nitrogens with zero attached hydrogens (tertiary/aromatic N) is 8. The Morgan fingerprint density at radius 2 is 0.812 bits per heavy atom. The Morgan fingerprint density at radius 1 is 0.396 bits per heavy atom. The van der Waals surface area contributed by atoms with Gasteiger partial charge in [-0.25, -0.2) is 15.0 Å². The fourth-order valence-electron chi connectivity index (χ4n) is 6.63. The highest BCUT2D eigenvalue weighted by atomic mass is 14.7. The van der Waals surface area contributed by atoms with Crippen LogP contribution in [0, 0.1) is 45.3 Å². The second-order valence-electron chi connectivity index (χ2n) is 11.2. The lowest BCUT2D eigenvalue weighted by Crippen LogP contribution is -1.96. The molecule has 0 aliphatic heterocycles. The Kier molecular flexibility index (Phi) is 6.49. The summed E-state index contributed by atoms with van der Waals surface area (Å²) in [7, 11) is 0. The first kappa shape index (κ1) is 28.0. The molecule has 0 saturated carbocycles. The van der Waals surface area contributed by atoms with Crippen LogP contribution in [0.4, 0.5) is 0 Å². The van der Waals surface area contributed by atoms with Gasteiger partial charge in [-0.3, -0.25) is 4.98 Å². The van der Waals surface area contributed by atoms with E-state index in [0.717, 1.165) is 76.8 Å². The normalized spacial score (nSPS) is 10.8. The molecule has 218 valence electrons. The lowest BCUT2D eigenvalue weighted by Gasteiger charge is -2.21. The van der Waals surface area contributed by atoms with Crippen LogP contribution in [0.2, 0.25) is 0 Å². The van der Waals surface area contributed by atoms with Crippen LogP contribution in [0.1, 0.15) is 22.6 Å². The second kappa shape index (κ2) is 11.1. The van der Waals surface area contributed by atoms with Crippen molar-refractivity contribution in [3.63, 3.8) is 0 Å². The van der Waals surface area contributed by atoms with Gasteiger partial charge in [-0.05, 0) is 126 Å². The summed E-state index contributed by atoms with van der Waals surface area (Å²) in [6.07, 6.45) is 8.13. The first-order valence-electron chi connectivity index (χ1n) is 14.8. The van der Waals surface area contributed by atoms with E-state index in [2.05, 4.69) is 80.6 Å². The molecule has 0 aliphatic rings. The topological polar surface area (TPSA) is 147 Å². The molecule has 0 atom stereocenters. The fraction of sp³-hybridized carbons (Fsp3) is 0. The molecule has 0 aliphatic carbocycles. The van der Waals surface area contributed by atoms with Crippen LogP contribution in [0.5, 0.6) is 0 Å². The van der Waals surface area contributed by atoms with Gasteiger partial charge in [0.2, 0.25) is 0 Å². The molecule has 0 spiro atoms. The largest absolute Gasteiger partial charge is 0.263 e. The van der Waals surface area contributed by atoms with E-state index in [4.69, 9.17) is 0 Å². The number of pyridine rings is 4. The van der Waals surface area contributed by atoms with Gasteiger partial charge in [-0.15, -0.1) is 0 Å². The number of rotatable bonds is 4. The summed E-state index contributed by atoms with van der Waals surface area (Å²) >= 11 is 0. The first-order valence-corrected chi connectivity index (χ1v) is 14.8. The molecule has 0 unspecified atom stereocenters. The maximum atomic E-state index is 10.1. The van der Waals surface area contributed by atoms with Crippen LogP contribution in [0.15, 0.2) is 110 Å². The molecule has 4 aromatic heterocycles. The summed E-state index contributed by atoms with van der Waals surface area (Å²) in [6, 6.07) is 34.1. The Balaban J connectivity index is 1.60. The minimum atomic E-state index is 0.294. The van der Waals surface area contributed by atoms with Gasteiger partial charge in [-0.2, -0.15) is 21.0 Å². The van der Waals surface area contributed by atoms with Crippen molar-refractivity contribution in [2.45, 2.75) is 0 Å². The van der Waals surface area contributed by atoms with Gasteiger partial charge < -0.3 is 0 Å². The molecular weight excluding hydrogens is 592 g/mol. The second-order valence-corrected chi connectivity index (χ2v) is 11.2. The molecule has 8 aromatic rings. The highest BCUT2D eigenvalue weighted by Crippen LogP contribution is 2.48. The predicted molar refractivity (Wildman–Crippen MR) is 182 cm³/mol. The summed E-state index contributed by atoms with van der Waals surface area (Å²) in [6.45, 7) is 0. The molecule has 0 amide bonds. The maximum absolute atomic E-state index is 10.1. The van der Waals surface area contributed by atoms with E-state index in [0.29, 0.717) is 22.6 Å². The highest BCUT2D eigenvalue weighted by molar-refractivity contribution is 6.32. The third-order valence-electron chi connectivity index (χ3n) is 8.69. The molecule has 0 fully saturated rings. The minimum Gasteiger partial charge on any atom is -0.263 e. The summed E-state index contributed by atoms with van der Waals surface area (Å²) in [4.78, 5) is 16.8. The number of hydrogen-bond donors (Lipinski definition) is 0. The molecule has 0 saturated heterocycles. The summed E-state index contributed by atoms with van der Waals surface area (Å²) in [5.74, 6) is 0. The Morgan fingerprint density at radius 3 is 1.23 bits per heavy atom. The lowest BCUT2D eigenvalue weighted by molar-refractivity contribution is 1.26. The monoisotopic (exact) mass is 610 g/mol. The van der Waals surface area contributed by atoms with Crippen molar-refractivity contribution in [1.82, 2.24) is 19.9 Å². The van der Waals surface area contributed by atoms with E-state index >= 15 is 0 Å². The molecule has 4 aromatic carbocycles. The van der Waals surface area contributed by atoms with Crippen LogP contribution in [-0.2, 0) is 0 Å². The molecule has 0 N–H and O–H groups in total. The van der Waals surface area contributed by atoms with Gasteiger partial charge in [0.1, 0.15) is 41.4 Å². The third kappa shape index (κ3) is 4.35. The number of nitriles is 4. The van der Waals surface area contributed by atoms with Crippen molar-refractivity contribution in [2.24, 2.45) is 0 Å². The molecule has 0 bridgehead atoms. The number of benzene rings is 4. The van der Waals surface area contributed by atoms with Gasteiger partial charge in [0.05, 0.1) is 5.56 Å². The van der Waals surface area contributed by atoms with Crippen LogP contribution in [-0.4, -0.2) is 19.9 Å². The van der Waals surface area contributed by atoms with Gasteiger partial charge in [0.15, 0.2) is 0 Å². The van der Waals surface area contributed by atoms with Crippen LogP contribution in [0.3, 0.4) is 0 Å². The van der Waals surface area contributed by atoms with Crippen molar-refractivity contribution in [3.8, 4) is 68.8 Å². The standard InChI is InChI=1S/C40H18N8/c41-18-26-22-45-9-8-30(26)38-17-37(25-7-12-48-29(15-25)21-44)33-2-1-31-35(23-5-10-46-27(13-23)19-42)16-36(24-6-11-47-28(14-24)20-43)32-3-4-34(38)40(33)39(31)32/h1-17,22H. The SMILES string of the molecule is N#Cc1cc(-c2cc(-c3ccnc(C#N)c3)c3ccc4c(-c5ccncc5C#N)cc(-c5ccnc(C#N)c5)c5ccc2c3c54)ccn1. The van der Waals surface area contributed by atoms with E-state index in [1.807, 2.05) is 24.3 Å². The molecule has 8 nitrogen and oxygen atoms in total. The van der Waals surface area contributed by atoms with Crippen LogP contribution >= 0.6 is 0 Å². The smallest absolute Gasteiger partial charge is 0.141 e. The number of aromatic nitrogens is 4. The fourth-order valence-corrected chi connectivity index (χ4v) is 6.63. The van der Waals surface area contributed by atoms with Crippen molar-refractivity contribution >= 4 is 32.3 Å². The van der Waals surface area contributed by atoms with Crippen molar-refractivity contribution in [3.05, 3.63) is 132 Å². The zero-order valence-corrected chi connectivity index (χ0v) is 25.0. The highest BCUT2D eigenvalue weighted by Gasteiger charge is 2.22. The lowest BCUT2D eigenvalue weighted by atomic mass is 9.81. The molecule has 48 heavy (non-hydrogen) atoms. The summed E-state index contributed by atoms with van der Waals surface area (Å²) in [5.41, 5.74) is 8.04. The van der Waals surface area contributed by atoms with E-state index in [1.165, 1.54) is 0 Å². The third-order valence-corrected chi connectivity index (χ3v) is 8.69. The van der Waals surface area contributed by atoms with Gasteiger partial charge in [0.25, 0.3) is 0 Å². The molecule has 4 heterocycles. The molecule has 8 rings (SSSR count). The first-order chi connectivity index (χ1) is 23.6. The van der Waals surface area contributed by atoms with Gasteiger partial charge in [0, 0.05) is 36.5 Å². The van der Waals surface area contributed by atoms with E-state index in [-0.39, 0.29) is 0 Å². The zero-order valence-electron chi connectivity index (χ0n) is 25.0. The summed E-state index contributed by atoms with van der Waals surface area (Å²) < 4.78 is 0. The Labute approximate surface area is 274 Å². The van der Waals surface area contributed by atoms with Crippen molar-refractivity contribution < 1.29 is 0 Å². The van der Waals surface area contributed by atoms with E-state index in [1.54, 1.807) is 49.2 Å². The van der Waals surface area contributed by atoms with Gasteiger partial charge >= 0.3 is 0 Å². The predicted octanol–water partition coefficient (Wildman–Crippen LogP) is 8.32. The average Bonchev–Trinajstić information content (AvgIpc) is 3.16. The van der Waals surface area contributed by atoms with E-state index in [9.17, 15) is 21.0 Å².